The quantitative estimate of drug-likeness (QED) is 0.572. The van der Waals surface area contributed by atoms with E-state index in [9.17, 15) is 5.21 Å². The van der Waals surface area contributed by atoms with Gasteiger partial charge in [-0.15, -0.1) is 0 Å². The smallest absolute Gasteiger partial charge is 0.118 e. The van der Waals surface area contributed by atoms with Gasteiger partial charge in [-0.1, -0.05) is 24.3 Å². The molecule has 0 fully saturated rings. The summed E-state index contributed by atoms with van der Waals surface area (Å²) in [6.45, 7) is 0. The highest BCUT2D eigenvalue weighted by molar-refractivity contribution is 5.85. The molecule has 5 heteroatoms. The number of fused-ring (bicyclic) bond motifs is 3. The minimum absolute atomic E-state index is 0.116. The zero-order valence-electron chi connectivity index (χ0n) is 12.0. The van der Waals surface area contributed by atoms with Crippen molar-refractivity contribution in [1.82, 2.24) is 8.97 Å². The van der Waals surface area contributed by atoms with Gasteiger partial charge in [0.25, 0.3) is 0 Å². The minimum Gasteiger partial charge on any atom is -0.733 e. The first-order chi connectivity index (χ1) is 10.6. The second kappa shape index (κ2) is 4.62. The summed E-state index contributed by atoms with van der Waals surface area (Å²) in [5.41, 5.74) is 5.48. The molecule has 2 aromatic heterocycles. The molecule has 0 atom stereocenters. The molecule has 0 saturated heterocycles. The lowest BCUT2D eigenvalue weighted by Gasteiger charge is -2.21. The van der Waals surface area contributed by atoms with E-state index >= 15 is 0 Å². The zero-order chi connectivity index (χ0) is 15.3. The number of nitrogens with zero attached hydrogens (tertiary/aromatic N) is 3. The Kier molecular flexibility index (Phi) is 2.72. The summed E-state index contributed by atoms with van der Waals surface area (Å²) in [5.74, 6) is 0. The van der Waals surface area contributed by atoms with Gasteiger partial charge in [-0.25, -0.2) is 0 Å². The summed E-state index contributed by atoms with van der Waals surface area (Å²) in [7, 11) is 2.03. The fourth-order valence-electron chi connectivity index (χ4n) is 2.94. The topological polar surface area (TPSA) is 55.9 Å². The normalized spacial score (nSPS) is 11.4. The lowest BCUT2D eigenvalue weighted by molar-refractivity contribution is 0.296. The molecule has 2 aromatic carbocycles. The van der Waals surface area contributed by atoms with Crippen LogP contribution in [0.1, 0.15) is 0 Å². The molecule has 0 aliphatic carbocycles. The number of anilines is 1. The van der Waals surface area contributed by atoms with E-state index in [1.54, 1.807) is 18.2 Å². The minimum atomic E-state index is -0.116. The average molecular weight is 292 g/mol. The van der Waals surface area contributed by atoms with Gasteiger partial charge in [-0.05, 0) is 35.9 Å². The lowest BCUT2D eigenvalue weighted by Crippen LogP contribution is -2.06. The van der Waals surface area contributed by atoms with Crippen molar-refractivity contribution in [3.63, 3.8) is 0 Å². The van der Waals surface area contributed by atoms with Gasteiger partial charge in [-0.3, -0.25) is 5.21 Å². The van der Waals surface area contributed by atoms with E-state index in [1.165, 1.54) is 5.52 Å². The van der Waals surface area contributed by atoms with Crippen LogP contribution in [0.5, 0.6) is 0 Å². The zero-order valence-corrected chi connectivity index (χ0v) is 12.0. The summed E-state index contributed by atoms with van der Waals surface area (Å²) in [5, 5.41) is 20.0. The van der Waals surface area contributed by atoms with E-state index in [1.807, 2.05) is 31.4 Å². The predicted octanol–water partition coefficient (Wildman–Crippen LogP) is 3.79. The number of benzene rings is 2. The van der Waals surface area contributed by atoms with Crippen LogP contribution in [0.15, 0.2) is 60.8 Å². The molecule has 0 amide bonds. The standard InChI is InChI=1S/C17H14N3O2/c1-18-15-7-2-3-8-16(15)19-11-13(10-17(18)19)12-5-4-6-14(9-12)20(21)22/h2-11,21H,1H3/q-1. The van der Waals surface area contributed by atoms with Gasteiger partial charge in [0.2, 0.25) is 0 Å². The Morgan fingerprint density at radius 1 is 0.955 bits per heavy atom. The van der Waals surface area contributed by atoms with Gasteiger partial charge in [0.15, 0.2) is 0 Å². The van der Waals surface area contributed by atoms with Crippen LogP contribution in [0.2, 0.25) is 0 Å². The first kappa shape index (κ1) is 12.9. The summed E-state index contributed by atoms with van der Waals surface area (Å²) < 4.78 is 4.26. The van der Waals surface area contributed by atoms with Gasteiger partial charge in [0.05, 0.1) is 16.7 Å². The molecular formula is C17H14N3O2-. The number of aromatic nitrogens is 2. The van der Waals surface area contributed by atoms with Crippen molar-refractivity contribution < 1.29 is 5.21 Å². The third kappa shape index (κ3) is 1.80. The molecule has 1 N–H and O–H groups in total. The van der Waals surface area contributed by atoms with Crippen molar-refractivity contribution in [2.24, 2.45) is 7.05 Å². The van der Waals surface area contributed by atoms with Crippen LogP contribution in [-0.2, 0) is 7.05 Å². The van der Waals surface area contributed by atoms with Gasteiger partial charge in [0.1, 0.15) is 5.65 Å². The van der Waals surface area contributed by atoms with Crippen LogP contribution in [0.3, 0.4) is 0 Å². The monoisotopic (exact) mass is 292 g/mol. The van der Waals surface area contributed by atoms with E-state index < -0.39 is 0 Å². The molecule has 0 aliphatic rings. The van der Waals surface area contributed by atoms with Crippen LogP contribution in [0.4, 0.5) is 5.69 Å². The van der Waals surface area contributed by atoms with Crippen LogP contribution < -0.4 is 5.23 Å². The van der Waals surface area contributed by atoms with E-state index in [0.29, 0.717) is 0 Å². The Balaban J connectivity index is 1.93. The van der Waals surface area contributed by atoms with E-state index in [-0.39, 0.29) is 10.9 Å². The fraction of sp³-hybridized carbons (Fsp3) is 0.0588. The Morgan fingerprint density at radius 3 is 2.50 bits per heavy atom. The maximum absolute atomic E-state index is 11.0. The summed E-state index contributed by atoms with van der Waals surface area (Å²) >= 11 is 0. The van der Waals surface area contributed by atoms with Gasteiger partial charge >= 0.3 is 0 Å². The van der Waals surface area contributed by atoms with Gasteiger partial charge < -0.3 is 19.4 Å². The number of imidazole rings is 1. The third-order valence-electron chi connectivity index (χ3n) is 4.05. The third-order valence-corrected chi connectivity index (χ3v) is 4.05. The molecule has 0 spiro atoms. The predicted molar refractivity (Wildman–Crippen MR) is 86.9 cm³/mol. The van der Waals surface area contributed by atoms with Crippen molar-refractivity contribution in [2.75, 3.05) is 5.23 Å². The van der Waals surface area contributed by atoms with Crippen molar-refractivity contribution >= 4 is 22.4 Å². The summed E-state index contributed by atoms with van der Waals surface area (Å²) in [4.78, 5) is 0. The molecule has 5 nitrogen and oxygen atoms in total. The molecule has 0 bridgehead atoms. The molecule has 2 heterocycles. The van der Waals surface area contributed by atoms with E-state index in [2.05, 4.69) is 27.2 Å². The maximum atomic E-state index is 11.0. The average Bonchev–Trinajstić information content (AvgIpc) is 3.08. The first-order valence-electron chi connectivity index (χ1n) is 6.97. The van der Waals surface area contributed by atoms with Gasteiger partial charge in [0, 0.05) is 18.8 Å². The molecule has 4 rings (SSSR count). The highest BCUT2D eigenvalue weighted by Crippen LogP contribution is 2.29. The highest BCUT2D eigenvalue weighted by atomic mass is 16.8. The van der Waals surface area contributed by atoms with Crippen LogP contribution >= 0.6 is 0 Å². The number of para-hydroxylation sites is 2. The van der Waals surface area contributed by atoms with E-state index in [4.69, 9.17) is 5.21 Å². The number of rotatable bonds is 2. The fourth-order valence-corrected chi connectivity index (χ4v) is 2.94. The molecule has 0 aliphatic heterocycles. The lowest BCUT2D eigenvalue weighted by atomic mass is 10.1. The molecule has 4 aromatic rings. The second-order valence-corrected chi connectivity index (χ2v) is 5.33. The highest BCUT2D eigenvalue weighted by Gasteiger charge is 2.10. The van der Waals surface area contributed by atoms with Crippen molar-refractivity contribution in [2.45, 2.75) is 0 Å². The van der Waals surface area contributed by atoms with Crippen molar-refractivity contribution in [3.05, 3.63) is 66.0 Å². The summed E-state index contributed by atoms with van der Waals surface area (Å²) in [6, 6.07) is 17.2. The molecule has 0 saturated carbocycles. The molecule has 0 radical (unpaired) electrons. The number of aryl methyl sites for hydroxylation is 1. The molecular weight excluding hydrogens is 278 g/mol. The molecule has 0 unspecified atom stereocenters. The molecule has 110 valence electrons. The van der Waals surface area contributed by atoms with Crippen LogP contribution in [0, 0.1) is 5.21 Å². The first-order valence-corrected chi connectivity index (χ1v) is 6.97. The number of hydrogen-bond acceptors (Lipinski definition) is 3. The SMILES string of the molecule is Cn1c2ccccc2n2cc(-c3cccc(N([O-])O)c3)cc12. The summed E-state index contributed by atoms with van der Waals surface area (Å²) in [6.07, 6.45) is 2.04. The Morgan fingerprint density at radius 2 is 1.73 bits per heavy atom. The number of hydrogen-bond donors (Lipinski definition) is 1. The van der Waals surface area contributed by atoms with Gasteiger partial charge in [-0.2, -0.15) is 0 Å². The largest absolute Gasteiger partial charge is 0.733 e. The van der Waals surface area contributed by atoms with Crippen LogP contribution in [0.25, 0.3) is 27.8 Å². The molecule has 22 heavy (non-hydrogen) atoms. The Bertz CT molecular complexity index is 982. The van der Waals surface area contributed by atoms with Crippen molar-refractivity contribution in [1.29, 1.82) is 0 Å². The van der Waals surface area contributed by atoms with E-state index in [0.717, 1.165) is 22.3 Å². The Hall–Kier alpha value is -2.76. The maximum Gasteiger partial charge on any atom is 0.118 e. The van der Waals surface area contributed by atoms with Crippen LogP contribution in [-0.4, -0.2) is 14.2 Å². The second-order valence-electron chi connectivity index (χ2n) is 5.33. The van der Waals surface area contributed by atoms with Crippen molar-refractivity contribution in [3.8, 4) is 11.1 Å². The Labute approximate surface area is 126 Å².